The second-order valence-corrected chi connectivity index (χ2v) is 6.06. The Morgan fingerprint density at radius 1 is 0.941 bits per heavy atom. The highest BCUT2D eigenvalue weighted by Gasteiger charge is 2.24. The molecular formula is C15H30N2. The first-order valence-corrected chi connectivity index (χ1v) is 7.79. The number of likely N-dealkylation sites (N-methyl/N-ethyl adjacent to an activating group) is 1. The molecule has 0 aromatic rings. The van der Waals surface area contributed by atoms with Crippen LogP contribution in [0, 0.1) is 5.92 Å². The molecule has 100 valence electrons. The lowest BCUT2D eigenvalue weighted by Crippen LogP contribution is -2.46. The lowest BCUT2D eigenvalue weighted by Gasteiger charge is -2.37. The third-order valence-corrected chi connectivity index (χ3v) is 4.66. The Labute approximate surface area is 107 Å². The molecule has 2 nitrogen and oxygen atoms in total. The van der Waals surface area contributed by atoms with Crippen molar-refractivity contribution in [3.63, 3.8) is 0 Å². The average Bonchev–Trinajstić information content (AvgIpc) is 2.61. The summed E-state index contributed by atoms with van der Waals surface area (Å²) in [6.45, 7) is 3.92. The number of hydrogen-bond donors (Lipinski definition) is 1. The molecule has 0 aromatic heterocycles. The van der Waals surface area contributed by atoms with Crippen molar-refractivity contribution in [1.82, 2.24) is 10.2 Å². The fourth-order valence-electron chi connectivity index (χ4n) is 3.65. The fraction of sp³-hybridized carbons (Fsp3) is 1.00. The van der Waals surface area contributed by atoms with Gasteiger partial charge in [-0.15, -0.1) is 0 Å². The number of hydrogen-bond acceptors (Lipinski definition) is 2. The highest BCUT2D eigenvalue weighted by Crippen LogP contribution is 2.26. The van der Waals surface area contributed by atoms with Crippen LogP contribution in [0.2, 0.25) is 0 Å². The van der Waals surface area contributed by atoms with E-state index in [1.54, 1.807) is 0 Å². The summed E-state index contributed by atoms with van der Waals surface area (Å²) >= 11 is 0. The van der Waals surface area contributed by atoms with Gasteiger partial charge in [-0.05, 0) is 45.2 Å². The second kappa shape index (κ2) is 7.38. The number of likely N-dealkylation sites (tertiary alicyclic amines) is 1. The van der Waals surface area contributed by atoms with Gasteiger partial charge in [-0.3, -0.25) is 4.90 Å². The van der Waals surface area contributed by atoms with E-state index < -0.39 is 0 Å². The predicted molar refractivity (Wildman–Crippen MR) is 74.3 cm³/mol. The van der Waals surface area contributed by atoms with Crippen LogP contribution in [0.15, 0.2) is 0 Å². The monoisotopic (exact) mass is 238 g/mol. The van der Waals surface area contributed by atoms with Gasteiger partial charge in [-0.2, -0.15) is 0 Å². The Balaban J connectivity index is 1.81. The van der Waals surface area contributed by atoms with E-state index in [9.17, 15) is 0 Å². The molecule has 2 heteroatoms. The van der Waals surface area contributed by atoms with E-state index >= 15 is 0 Å². The molecule has 1 saturated heterocycles. The lowest BCUT2D eigenvalue weighted by atomic mass is 9.95. The average molecular weight is 238 g/mol. The van der Waals surface area contributed by atoms with E-state index in [0.717, 1.165) is 12.0 Å². The Morgan fingerprint density at radius 2 is 1.65 bits per heavy atom. The van der Waals surface area contributed by atoms with Gasteiger partial charge in [0.25, 0.3) is 0 Å². The van der Waals surface area contributed by atoms with Gasteiger partial charge in [-0.25, -0.2) is 0 Å². The Morgan fingerprint density at radius 3 is 2.35 bits per heavy atom. The smallest absolute Gasteiger partial charge is 0.0220 e. The molecule has 1 N–H and O–H groups in total. The van der Waals surface area contributed by atoms with Crippen molar-refractivity contribution in [2.75, 3.05) is 26.7 Å². The molecule has 1 saturated carbocycles. The van der Waals surface area contributed by atoms with Crippen molar-refractivity contribution in [2.45, 2.75) is 63.8 Å². The van der Waals surface area contributed by atoms with Crippen LogP contribution >= 0.6 is 0 Å². The van der Waals surface area contributed by atoms with Gasteiger partial charge in [0.2, 0.25) is 0 Å². The Bertz CT molecular complexity index is 195. The molecule has 2 aliphatic rings. The van der Waals surface area contributed by atoms with Gasteiger partial charge in [0.05, 0.1) is 0 Å². The van der Waals surface area contributed by atoms with Gasteiger partial charge >= 0.3 is 0 Å². The van der Waals surface area contributed by atoms with Crippen molar-refractivity contribution in [3.8, 4) is 0 Å². The maximum absolute atomic E-state index is 3.38. The molecule has 1 aliphatic heterocycles. The zero-order valence-electron chi connectivity index (χ0n) is 11.6. The molecule has 0 aromatic carbocycles. The molecule has 1 heterocycles. The minimum Gasteiger partial charge on any atom is -0.318 e. The van der Waals surface area contributed by atoms with E-state index in [4.69, 9.17) is 0 Å². The van der Waals surface area contributed by atoms with E-state index in [1.807, 2.05) is 0 Å². The second-order valence-electron chi connectivity index (χ2n) is 6.06. The van der Waals surface area contributed by atoms with E-state index in [-0.39, 0.29) is 0 Å². The minimum absolute atomic E-state index is 0.817. The van der Waals surface area contributed by atoms with Crippen molar-refractivity contribution >= 4 is 0 Å². The fourth-order valence-corrected chi connectivity index (χ4v) is 3.65. The topological polar surface area (TPSA) is 15.3 Å². The number of nitrogens with one attached hydrogen (secondary N) is 1. The maximum Gasteiger partial charge on any atom is 0.0220 e. The van der Waals surface area contributed by atoms with Crippen LogP contribution in [-0.2, 0) is 0 Å². The summed E-state index contributed by atoms with van der Waals surface area (Å²) in [6.07, 6.45) is 13.2. The molecule has 0 spiro atoms. The van der Waals surface area contributed by atoms with Crippen LogP contribution in [-0.4, -0.2) is 37.6 Å². The van der Waals surface area contributed by atoms with Crippen LogP contribution in [0.25, 0.3) is 0 Å². The Kier molecular flexibility index (Phi) is 5.79. The van der Waals surface area contributed by atoms with Gasteiger partial charge in [0.15, 0.2) is 0 Å². The molecule has 0 bridgehead atoms. The van der Waals surface area contributed by atoms with Crippen LogP contribution in [0.1, 0.15) is 57.8 Å². The standard InChI is InChI=1S/C15H30N2/c1-16-12-15-10-6-7-11-17(15)13-14-8-4-2-3-5-9-14/h14-16H,2-13H2,1H3. The molecule has 0 amide bonds. The molecule has 0 radical (unpaired) electrons. The van der Waals surface area contributed by atoms with Crippen LogP contribution < -0.4 is 5.32 Å². The zero-order valence-corrected chi connectivity index (χ0v) is 11.6. The van der Waals surface area contributed by atoms with Crippen LogP contribution in [0.3, 0.4) is 0 Å². The quantitative estimate of drug-likeness (QED) is 0.757. The summed E-state index contributed by atoms with van der Waals surface area (Å²) in [5, 5.41) is 3.38. The van der Waals surface area contributed by atoms with Crippen LogP contribution in [0.5, 0.6) is 0 Å². The minimum atomic E-state index is 0.817. The van der Waals surface area contributed by atoms with Crippen molar-refractivity contribution in [2.24, 2.45) is 5.92 Å². The molecule has 1 unspecified atom stereocenters. The first-order chi connectivity index (χ1) is 8.40. The molecule has 2 rings (SSSR count). The SMILES string of the molecule is CNCC1CCCCN1CC1CCCCCC1. The predicted octanol–water partition coefficient (Wildman–Crippen LogP) is 3.03. The number of piperidine rings is 1. The molecule has 1 aliphatic carbocycles. The van der Waals surface area contributed by atoms with Crippen molar-refractivity contribution < 1.29 is 0 Å². The highest BCUT2D eigenvalue weighted by molar-refractivity contribution is 4.80. The molecule has 1 atom stereocenters. The highest BCUT2D eigenvalue weighted by atomic mass is 15.2. The first kappa shape index (κ1) is 13.4. The molecule has 17 heavy (non-hydrogen) atoms. The van der Waals surface area contributed by atoms with E-state index in [0.29, 0.717) is 0 Å². The van der Waals surface area contributed by atoms with Gasteiger partial charge in [0.1, 0.15) is 0 Å². The van der Waals surface area contributed by atoms with Gasteiger partial charge in [-0.1, -0.05) is 32.1 Å². The van der Waals surface area contributed by atoms with Crippen molar-refractivity contribution in [1.29, 1.82) is 0 Å². The third kappa shape index (κ3) is 4.26. The number of rotatable bonds is 4. The van der Waals surface area contributed by atoms with Gasteiger partial charge in [0, 0.05) is 19.1 Å². The van der Waals surface area contributed by atoms with Gasteiger partial charge < -0.3 is 5.32 Å². The summed E-state index contributed by atoms with van der Waals surface area (Å²) in [4.78, 5) is 2.79. The molecular weight excluding hydrogens is 208 g/mol. The summed E-state index contributed by atoms with van der Waals surface area (Å²) in [5.41, 5.74) is 0. The first-order valence-electron chi connectivity index (χ1n) is 7.79. The zero-order chi connectivity index (χ0) is 11.9. The lowest BCUT2D eigenvalue weighted by molar-refractivity contribution is 0.120. The third-order valence-electron chi connectivity index (χ3n) is 4.66. The summed E-state index contributed by atoms with van der Waals surface area (Å²) in [6, 6.07) is 0.817. The van der Waals surface area contributed by atoms with E-state index in [1.165, 1.54) is 77.4 Å². The summed E-state index contributed by atoms with van der Waals surface area (Å²) in [5.74, 6) is 0.995. The maximum atomic E-state index is 3.38. The Hall–Kier alpha value is -0.0800. The van der Waals surface area contributed by atoms with Crippen molar-refractivity contribution in [3.05, 3.63) is 0 Å². The number of nitrogens with zero attached hydrogens (tertiary/aromatic N) is 1. The normalized spacial score (nSPS) is 29.1. The van der Waals surface area contributed by atoms with Crippen LogP contribution in [0.4, 0.5) is 0 Å². The summed E-state index contributed by atoms with van der Waals surface area (Å²) in [7, 11) is 2.10. The van der Waals surface area contributed by atoms with E-state index in [2.05, 4.69) is 17.3 Å². The molecule has 2 fully saturated rings. The summed E-state index contributed by atoms with van der Waals surface area (Å²) < 4.78 is 0. The largest absolute Gasteiger partial charge is 0.318 e.